The highest BCUT2D eigenvalue weighted by Gasteiger charge is 2.36. The first kappa shape index (κ1) is 18.9. The Morgan fingerprint density at radius 2 is 1.55 bits per heavy atom. The minimum atomic E-state index is -0.656. The molecule has 4 amide bonds. The van der Waals surface area contributed by atoms with Gasteiger partial charge in [0.05, 0.1) is 11.1 Å². The molecule has 0 saturated carbocycles. The van der Waals surface area contributed by atoms with Gasteiger partial charge in [-0.2, -0.15) is 0 Å². The van der Waals surface area contributed by atoms with Crippen LogP contribution in [0.15, 0.2) is 54.6 Å². The van der Waals surface area contributed by atoms with Gasteiger partial charge in [-0.15, -0.1) is 0 Å². The molecule has 1 N–H and O–H groups in total. The zero-order valence-corrected chi connectivity index (χ0v) is 15.8. The molecule has 1 unspecified atom stereocenters. The number of imide groups is 1. The molecule has 0 bridgehead atoms. The Kier molecular flexibility index (Phi) is 5.12. The third-order valence-corrected chi connectivity index (χ3v) is 5.30. The molecular formula is C22H21N3O4. The second kappa shape index (κ2) is 7.87. The lowest BCUT2D eigenvalue weighted by Gasteiger charge is -2.35. The molecule has 2 heterocycles. The second-order valence-electron chi connectivity index (χ2n) is 7.10. The van der Waals surface area contributed by atoms with E-state index < -0.39 is 6.04 Å². The van der Waals surface area contributed by atoms with Crippen molar-refractivity contribution in [3.05, 3.63) is 71.3 Å². The highest BCUT2D eigenvalue weighted by atomic mass is 16.2. The van der Waals surface area contributed by atoms with E-state index in [0.717, 1.165) is 5.56 Å². The summed E-state index contributed by atoms with van der Waals surface area (Å²) < 4.78 is 0. The zero-order chi connectivity index (χ0) is 20.4. The molecule has 2 aromatic carbocycles. The summed E-state index contributed by atoms with van der Waals surface area (Å²) in [4.78, 5) is 52.9. The van der Waals surface area contributed by atoms with Gasteiger partial charge in [0.2, 0.25) is 11.8 Å². The molecular weight excluding hydrogens is 370 g/mol. The van der Waals surface area contributed by atoms with Crippen LogP contribution in [0.2, 0.25) is 0 Å². The van der Waals surface area contributed by atoms with Crippen molar-refractivity contribution < 1.29 is 19.2 Å². The van der Waals surface area contributed by atoms with Gasteiger partial charge in [0, 0.05) is 26.1 Å². The van der Waals surface area contributed by atoms with Crippen LogP contribution in [0.5, 0.6) is 0 Å². The quantitative estimate of drug-likeness (QED) is 0.787. The number of nitrogens with one attached hydrogen (secondary N) is 1. The number of rotatable bonds is 5. The van der Waals surface area contributed by atoms with Gasteiger partial charge in [0.15, 0.2) is 0 Å². The molecule has 0 aliphatic carbocycles. The maximum absolute atomic E-state index is 12.8. The van der Waals surface area contributed by atoms with Crippen molar-refractivity contribution in [2.24, 2.45) is 0 Å². The lowest BCUT2D eigenvalue weighted by Crippen LogP contribution is -2.52. The molecule has 7 nitrogen and oxygen atoms in total. The number of amides is 4. The molecule has 7 heteroatoms. The highest BCUT2D eigenvalue weighted by Crippen LogP contribution is 2.25. The summed E-state index contributed by atoms with van der Waals surface area (Å²) >= 11 is 0. The minimum Gasteiger partial charge on any atom is -0.352 e. The van der Waals surface area contributed by atoms with E-state index in [-0.39, 0.29) is 36.6 Å². The van der Waals surface area contributed by atoms with Crippen LogP contribution in [0, 0.1) is 0 Å². The Morgan fingerprint density at radius 3 is 2.21 bits per heavy atom. The second-order valence-corrected chi connectivity index (χ2v) is 7.10. The van der Waals surface area contributed by atoms with Crippen LogP contribution in [0.25, 0.3) is 0 Å². The van der Waals surface area contributed by atoms with E-state index in [2.05, 4.69) is 5.32 Å². The van der Waals surface area contributed by atoms with Crippen LogP contribution >= 0.6 is 0 Å². The number of carbonyl (C=O) groups is 4. The summed E-state index contributed by atoms with van der Waals surface area (Å²) in [5.74, 6) is -1.00. The van der Waals surface area contributed by atoms with Crippen LogP contribution in [0.1, 0.15) is 45.2 Å². The van der Waals surface area contributed by atoms with E-state index in [1.54, 1.807) is 29.2 Å². The normalized spacial score (nSPS) is 18.6. The first-order valence-corrected chi connectivity index (χ1v) is 9.65. The van der Waals surface area contributed by atoms with E-state index in [4.69, 9.17) is 0 Å². The standard InChI is InChI=1S/C22H21N3O4/c26-18(24-14-12-23-20(27)19(24)15-7-2-1-3-8-15)11-6-13-25-21(28)16-9-4-5-10-17(16)22(25)29/h1-5,7-10,19H,6,11-14H2,(H,23,27). The summed E-state index contributed by atoms with van der Waals surface area (Å²) in [6, 6.07) is 15.3. The third kappa shape index (κ3) is 3.51. The highest BCUT2D eigenvalue weighted by molar-refractivity contribution is 6.21. The number of carbonyl (C=O) groups excluding carboxylic acids is 4. The number of hydrogen-bond donors (Lipinski definition) is 1. The average Bonchev–Trinajstić information content (AvgIpc) is 2.99. The SMILES string of the molecule is O=C1NCCN(C(=O)CCCN2C(=O)c3ccccc3C2=O)C1c1ccccc1. The van der Waals surface area contributed by atoms with Crippen LogP contribution in [-0.4, -0.2) is 53.1 Å². The molecule has 4 rings (SSSR count). The summed E-state index contributed by atoms with van der Waals surface area (Å²) in [6.07, 6.45) is 0.508. The van der Waals surface area contributed by atoms with Crippen molar-refractivity contribution in [2.45, 2.75) is 18.9 Å². The van der Waals surface area contributed by atoms with Crippen LogP contribution in [-0.2, 0) is 9.59 Å². The number of fused-ring (bicyclic) bond motifs is 1. The molecule has 29 heavy (non-hydrogen) atoms. The largest absolute Gasteiger partial charge is 0.352 e. The Morgan fingerprint density at radius 1 is 0.931 bits per heavy atom. The van der Waals surface area contributed by atoms with Crippen LogP contribution in [0.3, 0.4) is 0 Å². The predicted octanol–water partition coefficient (Wildman–Crippen LogP) is 1.76. The topological polar surface area (TPSA) is 86.8 Å². The molecule has 1 saturated heterocycles. The fourth-order valence-corrected chi connectivity index (χ4v) is 3.88. The van der Waals surface area contributed by atoms with E-state index in [1.165, 1.54) is 4.90 Å². The lowest BCUT2D eigenvalue weighted by atomic mass is 10.0. The van der Waals surface area contributed by atoms with Crippen molar-refractivity contribution in [1.29, 1.82) is 0 Å². The third-order valence-electron chi connectivity index (χ3n) is 5.30. The van der Waals surface area contributed by atoms with E-state index in [1.807, 2.05) is 30.3 Å². The van der Waals surface area contributed by atoms with Crippen LogP contribution < -0.4 is 5.32 Å². The van der Waals surface area contributed by atoms with Gasteiger partial charge in [0.1, 0.15) is 6.04 Å². The first-order chi connectivity index (χ1) is 14.1. The number of nitrogens with zero attached hydrogens (tertiary/aromatic N) is 2. The van der Waals surface area contributed by atoms with Crippen LogP contribution in [0.4, 0.5) is 0 Å². The van der Waals surface area contributed by atoms with Crippen molar-refractivity contribution >= 4 is 23.6 Å². The van der Waals surface area contributed by atoms with Crippen molar-refractivity contribution in [3.63, 3.8) is 0 Å². The first-order valence-electron chi connectivity index (χ1n) is 9.65. The molecule has 0 radical (unpaired) electrons. The van der Waals surface area contributed by atoms with Gasteiger partial charge in [-0.3, -0.25) is 24.1 Å². The summed E-state index contributed by atoms with van der Waals surface area (Å²) in [6.45, 7) is 1.01. The van der Waals surface area contributed by atoms with Crippen molar-refractivity contribution in [3.8, 4) is 0 Å². The van der Waals surface area contributed by atoms with Crippen molar-refractivity contribution in [2.75, 3.05) is 19.6 Å². The molecule has 2 aliphatic heterocycles. The molecule has 148 valence electrons. The Balaban J connectivity index is 1.40. The number of benzene rings is 2. The van der Waals surface area contributed by atoms with E-state index >= 15 is 0 Å². The summed E-state index contributed by atoms with van der Waals surface area (Å²) in [7, 11) is 0. The monoisotopic (exact) mass is 391 g/mol. The van der Waals surface area contributed by atoms with Gasteiger partial charge >= 0.3 is 0 Å². The lowest BCUT2D eigenvalue weighted by molar-refractivity contribution is -0.143. The number of piperazine rings is 1. The molecule has 0 spiro atoms. The smallest absolute Gasteiger partial charge is 0.261 e. The predicted molar refractivity (Wildman–Crippen MR) is 105 cm³/mol. The van der Waals surface area contributed by atoms with E-state index in [9.17, 15) is 19.2 Å². The maximum Gasteiger partial charge on any atom is 0.261 e. The zero-order valence-electron chi connectivity index (χ0n) is 15.8. The van der Waals surface area contributed by atoms with Gasteiger partial charge in [0.25, 0.3) is 11.8 Å². The van der Waals surface area contributed by atoms with Crippen molar-refractivity contribution in [1.82, 2.24) is 15.1 Å². The van der Waals surface area contributed by atoms with Gasteiger partial charge in [-0.25, -0.2) is 0 Å². The molecule has 2 aliphatic rings. The fourth-order valence-electron chi connectivity index (χ4n) is 3.88. The molecule has 2 aromatic rings. The Labute approximate surface area is 168 Å². The van der Waals surface area contributed by atoms with Gasteiger partial charge in [-0.1, -0.05) is 42.5 Å². The van der Waals surface area contributed by atoms with Gasteiger partial charge in [-0.05, 0) is 24.1 Å². The summed E-state index contributed by atoms with van der Waals surface area (Å²) in [5.41, 5.74) is 1.57. The Bertz CT molecular complexity index is 938. The average molecular weight is 391 g/mol. The van der Waals surface area contributed by atoms with E-state index in [0.29, 0.717) is 30.6 Å². The molecule has 1 fully saturated rings. The minimum absolute atomic E-state index is 0.157. The molecule has 1 atom stereocenters. The number of hydrogen-bond acceptors (Lipinski definition) is 4. The Hall–Kier alpha value is -3.48. The molecule has 0 aromatic heterocycles. The maximum atomic E-state index is 12.8. The fraction of sp³-hybridized carbons (Fsp3) is 0.273. The van der Waals surface area contributed by atoms with Gasteiger partial charge < -0.3 is 10.2 Å². The summed E-state index contributed by atoms with van der Waals surface area (Å²) in [5, 5.41) is 2.81.